The third-order valence-corrected chi connectivity index (χ3v) is 14.8. The van der Waals surface area contributed by atoms with Gasteiger partial charge in [0.1, 0.15) is 5.58 Å². The first-order valence-electron chi connectivity index (χ1n) is 27.1. The molecule has 0 aliphatic rings. The van der Waals surface area contributed by atoms with Crippen molar-refractivity contribution in [3.05, 3.63) is 216 Å². The smallest absolute Gasteiger partial charge is 0.121 e. The monoisotopic (exact) mass is 1180 g/mol. The van der Waals surface area contributed by atoms with Gasteiger partial charge in [-0.1, -0.05) is 197 Å². The summed E-state index contributed by atoms with van der Waals surface area (Å²) in [4.78, 5) is 9.91. The number of fused-ring (bicyclic) bond motifs is 4. The molecule has 0 unspecified atom stereocenters. The van der Waals surface area contributed by atoms with Gasteiger partial charge < -0.3 is 13.6 Å². The van der Waals surface area contributed by atoms with Crippen LogP contribution in [0.3, 0.4) is 0 Å². The summed E-state index contributed by atoms with van der Waals surface area (Å²) in [5.74, 6) is 4.09. The summed E-state index contributed by atoms with van der Waals surface area (Å²) in [6, 6.07) is 63.1. The second-order valence-corrected chi connectivity index (χ2v) is 22.0. The molecular weight excluding hydrogens is 1110 g/mol. The predicted octanol–water partition coefficient (Wildman–Crippen LogP) is 19.8. The van der Waals surface area contributed by atoms with E-state index in [1.54, 1.807) is 0 Å². The van der Waals surface area contributed by atoms with Crippen molar-refractivity contribution in [2.24, 2.45) is 0 Å². The molecule has 0 fully saturated rings. The third kappa shape index (κ3) is 10.2. The number of benzene rings is 8. The molecule has 0 saturated heterocycles. The first-order chi connectivity index (χ1) is 36.2. The number of nitrogens with zero attached hydrogens (tertiary/aromatic N) is 4. The van der Waals surface area contributed by atoms with Gasteiger partial charge >= 0.3 is 0 Å². The SMILES string of the molecule is CC(C)c1cc(-c2ccccc2)cc(C(C)C)c1-c1ccc2c(c1)oc1c(-c3nccn3-c3c(C(C)C)cccc3C(C)C)[c-]ccc12.CC(C)c1cccc(C(C)C)c1-n1c(-c2[c-]cccc2)nc2ccccc21.[Ir]. The predicted molar refractivity (Wildman–Crippen MR) is 316 cm³/mol. The zero-order valence-electron chi connectivity index (χ0n) is 46.2. The number of aromatic nitrogens is 4. The molecule has 5 nitrogen and oxygen atoms in total. The minimum atomic E-state index is 0. The zero-order valence-corrected chi connectivity index (χ0v) is 48.6. The Morgan fingerprint density at radius 3 is 1.63 bits per heavy atom. The molecular formula is C70H70IrN4O-2. The minimum Gasteiger partial charge on any atom is -0.501 e. The molecule has 6 heteroatoms. The van der Waals surface area contributed by atoms with Crippen molar-refractivity contribution in [2.45, 2.75) is 119 Å². The van der Waals surface area contributed by atoms with E-state index >= 15 is 0 Å². The van der Waals surface area contributed by atoms with Gasteiger partial charge in [-0.15, -0.1) is 54.1 Å². The molecule has 387 valence electrons. The summed E-state index contributed by atoms with van der Waals surface area (Å²) in [6.45, 7) is 27.3. The topological polar surface area (TPSA) is 48.8 Å². The average Bonchev–Trinajstić information content (AvgIpc) is 4.16. The third-order valence-electron chi connectivity index (χ3n) is 14.8. The van der Waals surface area contributed by atoms with Crippen LogP contribution in [0.2, 0.25) is 0 Å². The Balaban J connectivity index is 0.000000213. The summed E-state index contributed by atoms with van der Waals surface area (Å²) in [7, 11) is 0. The van der Waals surface area contributed by atoms with Gasteiger partial charge in [0, 0.05) is 49.3 Å². The van der Waals surface area contributed by atoms with Crippen molar-refractivity contribution in [1.29, 1.82) is 0 Å². The van der Waals surface area contributed by atoms with Crippen LogP contribution in [0, 0.1) is 12.1 Å². The zero-order chi connectivity index (χ0) is 52.7. The fraction of sp³-hybridized carbons (Fsp3) is 0.257. The first kappa shape index (κ1) is 53.7. The van der Waals surface area contributed by atoms with Crippen molar-refractivity contribution >= 4 is 33.0 Å². The maximum Gasteiger partial charge on any atom is 0.121 e. The van der Waals surface area contributed by atoms with Crippen LogP contribution in [0.4, 0.5) is 0 Å². The number of furan rings is 1. The molecule has 1 radical (unpaired) electrons. The summed E-state index contributed by atoms with van der Waals surface area (Å²) in [6.07, 6.45) is 3.97. The Kier molecular flexibility index (Phi) is 16.0. The maximum absolute atomic E-state index is 6.82. The molecule has 11 rings (SSSR count). The number of imidazole rings is 2. The van der Waals surface area contributed by atoms with Crippen LogP contribution in [0.15, 0.2) is 175 Å². The van der Waals surface area contributed by atoms with Gasteiger partial charge in [0.25, 0.3) is 0 Å². The Hall–Kier alpha value is -7.11. The molecule has 0 atom stereocenters. The fourth-order valence-corrected chi connectivity index (χ4v) is 11.0. The number of hydrogen-bond donors (Lipinski definition) is 0. The molecule has 0 aliphatic carbocycles. The average molecular weight is 1180 g/mol. The van der Waals surface area contributed by atoms with Gasteiger partial charge in [0.15, 0.2) is 0 Å². The Morgan fingerprint density at radius 2 is 1.04 bits per heavy atom. The van der Waals surface area contributed by atoms with Crippen LogP contribution >= 0.6 is 0 Å². The van der Waals surface area contributed by atoms with E-state index in [4.69, 9.17) is 14.4 Å². The minimum absolute atomic E-state index is 0. The van der Waals surface area contributed by atoms with Gasteiger partial charge in [0.05, 0.1) is 28.3 Å². The van der Waals surface area contributed by atoms with Gasteiger partial charge in [-0.05, 0) is 109 Å². The van der Waals surface area contributed by atoms with E-state index in [0.29, 0.717) is 35.5 Å². The van der Waals surface area contributed by atoms with Gasteiger partial charge in [-0.2, -0.15) is 0 Å². The van der Waals surface area contributed by atoms with Crippen molar-refractivity contribution in [3.8, 4) is 56.4 Å². The summed E-state index contributed by atoms with van der Waals surface area (Å²) in [5, 5.41) is 2.18. The molecule has 0 bridgehead atoms. The van der Waals surface area contributed by atoms with Crippen LogP contribution < -0.4 is 0 Å². The summed E-state index contributed by atoms with van der Waals surface area (Å²) in [5.41, 5.74) is 21.3. The summed E-state index contributed by atoms with van der Waals surface area (Å²) < 4.78 is 11.4. The van der Waals surface area contributed by atoms with E-state index in [1.165, 1.54) is 67.0 Å². The van der Waals surface area contributed by atoms with E-state index in [-0.39, 0.29) is 20.1 Å². The molecule has 76 heavy (non-hydrogen) atoms. The maximum atomic E-state index is 6.82. The number of rotatable bonds is 12. The molecule has 0 spiro atoms. The first-order valence-corrected chi connectivity index (χ1v) is 27.1. The molecule has 0 saturated carbocycles. The molecule has 8 aromatic carbocycles. The second-order valence-electron chi connectivity index (χ2n) is 22.0. The van der Waals surface area contributed by atoms with Crippen LogP contribution in [0.5, 0.6) is 0 Å². The largest absolute Gasteiger partial charge is 0.501 e. The van der Waals surface area contributed by atoms with E-state index in [1.807, 2.05) is 30.5 Å². The molecule has 0 aliphatic heterocycles. The van der Waals surface area contributed by atoms with Crippen molar-refractivity contribution in [1.82, 2.24) is 19.1 Å². The van der Waals surface area contributed by atoms with Crippen molar-refractivity contribution in [3.63, 3.8) is 0 Å². The Labute approximate surface area is 464 Å². The van der Waals surface area contributed by atoms with Gasteiger partial charge in [0.2, 0.25) is 0 Å². The Bertz CT molecular complexity index is 3710. The molecule has 11 aromatic rings. The number of para-hydroxylation sites is 4. The molecule has 3 heterocycles. The van der Waals surface area contributed by atoms with Crippen molar-refractivity contribution < 1.29 is 24.5 Å². The van der Waals surface area contributed by atoms with E-state index in [9.17, 15) is 0 Å². The van der Waals surface area contributed by atoms with Gasteiger partial charge in [-0.3, -0.25) is 9.97 Å². The van der Waals surface area contributed by atoms with E-state index in [2.05, 4.69) is 244 Å². The van der Waals surface area contributed by atoms with Crippen LogP contribution in [0.1, 0.15) is 152 Å². The van der Waals surface area contributed by atoms with Crippen LogP contribution in [-0.4, -0.2) is 19.1 Å². The van der Waals surface area contributed by atoms with Gasteiger partial charge in [-0.25, -0.2) is 0 Å². The molecule has 0 amide bonds. The quantitative estimate of drug-likeness (QED) is 0.115. The van der Waals surface area contributed by atoms with Crippen LogP contribution in [0.25, 0.3) is 89.4 Å². The van der Waals surface area contributed by atoms with E-state index in [0.717, 1.165) is 55.7 Å². The standard InChI is InChI=1S/C45H45N2O.C25H25N2.Ir/c1-27(2)34-16-12-17-35(28(3)4)43(34)47-23-22-46-45(47)38-19-13-18-37-36-21-20-32(26-41(36)48-44(37)38)42-39(29(5)6)24-33(25-40(42)30(7)8)31-14-10-9-11-15-31;1-17(2)20-13-10-14-21(18(3)4)24(20)27-23-16-9-8-15-22(23)26-25(27)19-11-6-5-7-12-19;/h9-18,20-30H,1-8H3;5-11,13-18H,1-4H3;/q2*-1;. The molecule has 0 N–H and O–H groups in total. The number of hydrogen-bond acceptors (Lipinski definition) is 3. The fourth-order valence-electron chi connectivity index (χ4n) is 11.0. The van der Waals surface area contributed by atoms with Crippen molar-refractivity contribution in [2.75, 3.05) is 0 Å². The Morgan fingerprint density at radius 1 is 0.461 bits per heavy atom. The van der Waals surface area contributed by atoms with E-state index < -0.39 is 0 Å². The second kappa shape index (κ2) is 22.6. The van der Waals surface area contributed by atoms with Crippen LogP contribution in [-0.2, 0) is 20.1 Å². The summed E-state index contributed by atoms with van der Waals surface area (Å²) >= 11 is 0. The normalized spacial score (nSPS) is 11.8. The molecule has 3 aromatic heterocycles.